The molecule has 0 spiro atoms. The predicted molar refractivity (Wildman–Crippen MR) is 97.8 cm³/mol. The van der Waals surface area contributed by atoms with E-state index in [-0.39, 0.29) is 18.3 Å². The van der Waals surface area contributed by atoms with Gasteiger partial charge in [0.25, 0.3) is 0 Å². The predicted octanol–water partition coefficient (Wildman–Crippen LogP) is 3.61. The molecule has 128 valence electrons. The molecular weight excluding hydrogens is 365 g/mol. The van der Waals surface area contributed by atoms with Crippen molar-refractivity contribution >= 4 is 40.7 Å². The van der Waals surface area contributed by atoms with E-state index >= 15 is 0 Å². The fourth-order valence-electron chi connectivity index (χ4n) is 2.03. The number of rotatable bonds is 5. The van der Waals surface area contributed by atoms with Gasteiger partial charge in [-0.15, -0.1) is 5.10 Å². The van der Waals surface area contributed by atoms with Crippen molar-refractivity contribution in [3.8, 4) is 5.75 Å². The number of carbonyl (C=O) groups excluding carboxylic acids is 1. The maximum Gasteiger partial charge on any atom is 0.236 e. The summed E-state index contributed by atoms with van der Waals surface area (Å²) in [4.78, 5) is 11.0. The summed E-state index contributed by atoms with van der Waals surface area (Å²) in [6.45, 7) is 0.218. The van der Waals surface area contributed by atoms with Crippen LogP contribution in [0.4, 0.5) is 4.39 Å². The van der Waals surface area contributed by atoms with Crippen molar-refractivity contribution in [3.05, 3.63) is 64.4 Å². The number of carbonyl (C=O) groups is 1. The second-order valence-electron chi connectivity index (χ2n) is 5.10. The van der Waals surface area contributed by atoms with Crippen molar-refractivity contribution in [2.45, 2.75) is 6.61 Å². The second kappa shape index (κ2) is 8.13. The summed E-state index contributed by atoms with van der Waals surface area (Å²) in [6, 6.07) is 11.7. The molecule has 0 bridgehead atoms. The van der Waals surface area contributed by atoms with Crippen molar-refractivity contribution in [1.82, 2.24) is 5.32 Å². The molecule has 1 saturated heterocycles. The molecule has 8 heteroatoms. The quantitative estimate of drug-likeness (QED) is 0.639. The van der Waals surface area contributed by atoms with Crippen LogP contribution in [-0.2, 0) is 11.4 Å². The second-order valence-corrected chi connectivity index (χ2v) is 6.50. The van der Waals surface area contributed by atoms with Gasteiger partial charge in [-0.2, -0.15) is 5.10 Å². The molecule has 1 aliphatic heterocycles. The van der Waals surface area contributed by atoms with Gasteiger partial charge in [-0.3, -0.25) is 4.79 Å². The van der Waals surface area contributed by atoms with Crippen molar-refractivity contribution in [2.24, 2.45) is 10.2 Å². The zero-order valence-electron chi connectivity index (χ0n) is 12.9. The van der Waals surface area contributed by atoms with Gasteiger partial charge in [0.05, 0.1) is 12.0 Å². The largest absolute Gasteiger partial charge is 0.486 e. The van der Waals surface area contributed by atoms with Gasteiger partial charge in [-0.25, -0.2) is 4.39 Å². The summed E-state index contributed by atoms with van der Waals surface area (Å²) >= 11 is 7.17. The Kier molecular flexibility index (Phi) is 5.67. The minimum absolute atomic E-state index is 0.105. The Hall–Kier alpha value is -2.38. The smallest absolute Gasteiger partial charge is 0.236 e. The first kappa shape index (κ1) is 17.4. The van der Waals surface area contributed by atoms with E-state index in [1.54, 1.807) is 18.2 Å². The minimum Gasteiger partial charge on any atom is -0.486 e. The SMILES string of the molecule is O=C1CSC(=NN=Cc2ccc(OCc3cccc(Cl)c3)c(F)c2)N1. The van der Waals surface area contributed by atoms with E-state index in [0.29, 0.717) is 21.5 Å². The lowest BCUT2D eigenvalue weighted by Crippen LogP contribution is -2.19. The number of nitrogens with zero attached hydrogens (tertiary/aromatic N) is 2. The number of amidine groups is 1. The summed E-state index contributed by atoms with van der Waals surface area (Å²) in [5.74, 6) is -0.128. The first-order valence-electron chi connectivity index (χ1n) is 7.30. The highest BCUT2D eigenvalue weighted by molar-refractivity contribution is 8.15. The van der Waals surface area contributed by atoms with E-state index in [1.807, 2.05) is 12.1 Å². The topological polar surface area (TPSA) is 63.0 Å². The lowest BCUT2D eigenvalue weighted by atomic mass is 10.2. The zero-order valence-corrected chi connectivity index (χ0v) is 14.5. The molecule has 1 aliphatic rings. The number of amides is 1. The first-order chi connectivity index (χ1) is 12.1. The molecular formula is C17H13ClFN3O2S. The number of nitrogens with one attached hydrogen (secondary N) is 1. The number of hydrogen-bond acceptors (Lipinski definition) is 5. The molecule has 1 fully saturated rings. The van der Waals surface area contributed by atoms with Gasteiger partial charge < -0.3 is 10.1 Å². The van der Waals surface area contributed by atoms with E-state index < -0.39 is 5.82 Å². The average molecular weight is 378 g/mol. The molecule has 25 heavy (non-hydrogen) atoms. The van der Waals surface area contributed by atoms with Crippen LogP contribution < -0.4 is 10.1 Å². The highest BCUT2D eigenvalue weighted by atomic mass is 35.5. The molecule has 5 nitrogen and oxygen atoms in total. The summed E-state index contributed by atoms with van der Waals surface area (Å²) in [5, 5.41) is 11.3. The van der Waals surface area contributed by atoms with Crippen molar-refractivity contribution in [2.75, 3.05) is 5.75 Å². The van der Waals surface area contributed by atoms with E-state index in [2.05, 4.69) is 15.5 Å². The van der Waals surface area contributed by atoms with E-state index in [4.69, 9.17) is 16.3 Å². The molecule has 0 atom stereocenters. The molecule has 0 radical (unpaired) electrons. The summed E-state index contributed by atoms with van der Waals surface area (Å²) < 4.78 is 19.6. The van der Waals surface area contributed by atoms with Crippen LogP contribution in [0.3, 0.4) is 0 Å². The van der Waals surface area contributed by atoms with E-state index in [1.165, 1.54) is 30.1 Å². The number of thioether (sulfide) groups is 1. The molecule has 1 amide bonds. The van der Waals surface area contributed by atoms with Crippen LogP contribution >= 0.6 is 23.4 Å². The Morgan fingerprint density at radius 1 is 1.32 bits per heavy atom. The van der Waals surface area contributed by atoms with Gasteiger partial charge in [0.15, 0.2) is 16.7 Å². The molecule has 3 rings (SSSR count). The van der Waals surface area contributed by atoms with Crippen LogP contribution in [0.5, 0.6) is 5.75 Å². The molecule has 0 aliphatic carbocycles. The highest BCUT2D eigenvalue weighted by Crippen LogP contribution is 2.20. The third-order valence-electron chi connectivity index (χ3n) is 3.18. The third-order valence-corrected chi connectivity index (χ3v) is 4.28. The fourth-order valence-corrected chi connectivity index (χ4v) is 2.87. The van der Waals surface area contributed by atoms with Crippen LogP contribution in [0.15, 0.2) is 52.7 Å². The Morgan fingerprint density at radius 2 is 2.20 bits per heavy atom. The van der Waals surface area contributed by atoms with Gasteiger partial charge >= 0.3 is 0 Å². The summed E-state index contributed by atoms with van der Waals surface area (Å²) in [6.07, 6.45) is 1.40. The molecule has 0 unspecified atom stereocenters. The van der Waals surface area contributed by atoms with Gasteiger partial charge in [0.2, 0.25) is 5.91 Å². The standard InChI is InChI=1S/C17H13ClFN3O2S/c18-13-3-1-2-12(6-13)9-24-15-5-4-11(7-14(15)19)8-20-22-17-21-16(23)10-25-17/h1-8H,9-10H2,(H,21,22,23). The van der Waals surface area contributed by atoms with Crippen LogP contribution in [0.2, 0.25) is 5.02 Å². The first-order valence-corrected chi connectivity index (χ1v) is 8.67. The molecule has 2 aromatic carbocycles. The Labute approximate surface area is 152 Å². The number of ether oxygens (including phenoxy) is 1. The van der Waals surface area contributed by atoms with Gasteiger partial charge in [0.1, 0.15) is 6.61 Å². The lowest BCUT2D eigenvalue weighted by molar-refractivity contribution is -0.116. The molecule has 1 heterocycles. The monoisotopic (exact) mass is 377 g/mol. The average Bonchev–Trinajstić information content (AvgIpc) is 2.99. The van der Waals surface area contributed by atoms with Gasteiger partial charge in [-0.1, -0.05) is 35.5 Å². The van der Waals surface area contributed by atoms with Crippen LogP contribution in [0.1, 0.15) is 11.1 Å². The third kappa shape index (κ3) is 5.04. The van der Waals surface area contributed by atoms with Crippen molar-refractivity contribution in [3.63, 3.8) is 0 Å². The number of hydrogen-bond donors (Lipinski definition) is 1. The maximum absolute atomic E-state index is 14.1. The maximum atomic E-state index is 14.1. The lowest BCUT2D eigenvalue weighted by Gasteiger charge is -2.08. The Bertz CT molecular complexity index is 858. The van der Waals surface area contributed by atoms with Gasteiger partial charge in [0, 0.05) is 5.02 Å². The molecule has 1 N–H and O–H groups in total. The normalized spacial score (nSPS) is 15.8. The van der Waals surface area contributed by atoms with Crippen molar-refractivity contribution in [1.29, 1.82) is 0 Å². The van der Waals surface area contributed by atoms with Crippen LogP contribution in [0.25, 0.3) is 0 Å². The number of benzene rings is 2. The van der Waals surface area contributed by atoms with Gasteiger partial charge in [-0.05, 0) is 41.5 Å². The molecule has 2 aromatic rings. The molecule has 0 aromatic heterocycles. The fraction of sp³-hybridized carbons (Fsp3) is 0.118. The molecule has 0 saturated carbocycles. The summed E-state index contributed by atoms with van der Waals surface area (Å²) in [7, 11) is 0. The zero-order chi connectivity index (χ0) is 17.6. The van der Waals surface area contributed by atoms with Crippen LogP contribution in [-0.4, -0.2) is 23.0 Å². The minimum atomic E-state index is -0.498. The highest BCUT2D eigenvalue weighted by Gasteiger charge is 2.15. The van der Waals surface area contributed by atoms with E-state index in [0.717, 1.165) is 5.56 Å². The van der Waals surface area contributed by atoms with E-state index in [9.17, 15) is 9.18 Å². The number of halogens is 2. The van der Waals surface area contributed by atoms with Crippen molar-refractivity contribution < 1.29 is 13.9 Å². The Morgan fingerprint density at radius 3 is 2.92 bits per heavy atom. The Balaban J connectivity index is 1.61. The summed E-state index contributed by atoms with van der Waals surface area (Å²) in [5.41, 5.74) is 1.38. The van der Waals surface area contributed by atoms with Crippen LogP contribution in [0, 0.1) is 5.82 Å².